The van der Waals surface area contributed by atoms with Crippen molar-refractivity contribution in [1.29, 1.82) is 0 Å². The number of hydrogen-bond donors (Lipinski definition) is 3. The minimum absolute atomic E-state index is 0.00765. The summed E-state index contributed by atoms with van der Waals surface area (Å²) < 4.78 is 0. The number of Topliss-reactive ketones (excluding diaryl/α,β-unsaturated/α-hetero) is 1. The fraction of sp³-hybridized carbons (Fsp3) is 0.739. The summed E-state index contributed by atoms with van der Waals surface area (Å²) in [5, 5.41) is 9.72. The van der Waals surface area contributed by atoms with Gasteiger partial charge in [-0.1, -0.05) is 12.8 Å². The molecule has 0 aromatic rings. The number of rotatable bonds is 14. The van der Waals surface area contributed by atoms with Crippen LogP contribution < -0.4 is 16.0 Å². The normalized spacial score (nSPS) is 24.3. The second kappa shape index (κ2) is 13.0. The highest BCUT2D eigenvalue weighted by molar-refractivity contribution is 8.00. The molecule has 0 aliphatic carbocycles. The highest BCUT2D eigenvalue weighted by Gasteiger charge is 2.43. The van der Waals surface area contributed by atoms with E-state index in [2.05, 4.69) is 16.0 Å². The highest BCUT2D eigenvalue weighted by atomic mass is 32.2. The molecule has 11 nitrogen and oxygen atoms in total. The molecule has 0 aromatic heterocycles. The van der Waals surface area contributed by atoms with Gasteiger partial charge in [0, 0.05) is 49.8 Å². The molecule has 3 aliphatic rings. The smallest absolute Gasteiger partial charge is 0.352 e. The van der Waals surface area contributed by atoms with Gasteiger partial charge in [0.15, 0.2) is 0 Å². The lowest BCUT2D eigenvalue weighted by Gasteiger charge is -2.20. The number of ketones is 1. The first-order chi connectivity index (χ1) is 16.7. The number of hydroxylamine groups is 2. The van der Waals surface area contributed by atoms with Gasteiger partial charge in [-0.15, -0.1) is 16.8 Å². The molecular formula is C23H34N4O7S. The average Bonchev–Trinajstić information content (AvgIpc) is 3.45. The third-order valence-electron chi connectivity index (χ3n) is 6.38. The van der Waals surface area contributed by atoms with Crippen LogP contribution in [0.25, 0.3) is 0 Å². The summed E-state index contributed by atoms with van der Waals surface area (Å²) in [5.41, 5.74) is 0. The molecule has 12 heteroatoms. The molecule has 0 radical (unpaired) electrons. The summed E-state index contributed by atoms with van der Waals surface area (Å²) in [6.07, 6.45) is 3.93. The average molecular weight is 511 g/mol. The third-order valence-corrected chi connectivity index (χ3v) is 7.81. The molecule has 4 atom stereocenters. The number of imide groups is 1. The summed E-state index contributed by atoms with van der Waals surface area (Å²) in [5.74, 6) is -1.00. The van der Waals surface area contributed by atoms with Crippen molar-refractivity contribution >= 4 is 47.1 Å². The summed E-state index contributed by atoms with van der Waals surface area (Å²) in [7, 11) is 0. The molecule has 3 fully saturated rings. The predicted molar refractivity (Wildman–Crippen MR) is 126 cm³/mol. The molecule has 0 bridgehead atoms. The van der Waals surface area contributed by atoms with E-state index < -0.39 is 23.8 Å². The maximum absolute atomic E-state index is 12.6. The van der Waals surface area contributed by atoms with Crippen molar-refractivity contribution in [1.82, 2.24) is 21.0 Å². The van der Waals surface area contributed by atoms with E-state index >= 15 is 0 Å². The first kappa shape index (κ1) is 27.1. The molecule has 0 spiro atoms. The Kier molecular flexibility index (Phi) is 10.1. The van der Waals surface area contributed by atoms with Crippen molar-refractivity contribution in [2.45, 2.75) is 88.6 Å². The number of unbranched alkanes of at least 4 members (excludes halogenated alkanes) is 2. The van der Waals surface area contributed by atoms with Gasteiger partial charge in [-0.05, 0) is 32.7 Å². The molecule has 3 heterocycles. The Balaban J connectivity index is 1.42. The lowest BCUT2D eigenvalue weighted by atomic mass is 10.0. The van der Waals surface area contributed by atoms with Gasteiger partial charge in [-0.3, -0.25) is 19.2 Å². The molecule has 1 unspecified atom stereocenters. The Hall–Kier alpha value is -2.47. The number of amides is 4. The summed E-state index contributed by atoms with van der Waals surface area (Å²) in [4.78, 5) is 76.4. The van der Waals surface area contributed by atoms with Crippen LogP contribution in [-0.4, -0.2) is 70.2 Å². The Morgan fingerprint density at radius 3 is 2.54 bits per heavy atom. The molecule has 0 aromatic carbocycles. The Labute approximate surface area is 208 Å². The van der Waals surface area contributed by atoms with Crippen LogP contribution in [0.5, 0.6) is 0 Å². The van der Waals surface area contributed by atoms with Gasteiger partial charge in [-0.2, -0.15) is 0 Å². The minimum atomic E-state index is -0.990. The van der Waals surface area contributed by atoms with Crippen LogP contribution in [0.2, 0.25) is 0 Å². The Morgan fingerprint density at radius 2 is 1.83 bits per heavy atom. The zero-order valence-electron chi connectivity index (χ0n) is 20.0. The number of thioether (sulfide) groups is 1. The summed E-state index contributed by atoms with van der Waals surface area (Å²) >= 11 is 1.77. The molecule has 194 valence electrons. The number of carbonyl (C=O) groups excluding carboxylic acids is 6. The molecule has 35 heavy (non-hydrogen) atoms. The molecule has 3 saturated heterocycles. The molecule has 3 aliphatic heterocycles. The number of nitrogens with one attached hydrogen (secondary N) is 3. The zero-order chi connectivity index (χ0) is 25.4. The van der Waals surface area contributed by atoms with Gasteiger partial charge in [0.05, 0.1) is 5.37 Å². The van der Waals surface area contributed by atoms with Gasteiger partial charge in [0.2, 0.25) is 11.8 Å². The van der Waals surface area contributed by atoms with E-state index in [-0.39, 0.29) is 60.6 Å². The van der Waals surface area contributed by atoms with Crippen molar-refractivity contribution in [2.75, 3.05) is 12.3 Å². The van der Waals surface area contributed by atoms with Gasteiger partial charge in [-0.25, -0.2) is 4.79 Å². The van der Waals surface area contributed by atoms with Gasteiger partial charge >= 0.3 is 5.97 Å². The van der Waals surface area contributed by atoms with Gasteiger partial charge in [0.25, 0.3) is 11.8 Å². The number of nitrogens with zero attached hydrogens (tertiary/aromatic N) is 1. The molecule has 3 rings (SSSR count). The first-order valence-electron chi connectivity index (χ1n) is 12.3. The Morgan fingerprint density at radius 1 is 1.09 bits per heavy atom. The van der Waals surface area contributed by atoms with Crippen LogP contribution in [-0.2, 0) is 33.6 Å². The van der Waals surface area contributed by atoms with Crippen molar-refractivity contribution in [3.05, 3.63) is 0 Å². The number of fused-ring (bicyclic) bond motifs is 1. The fourth-order valence-corrected chi connectivity index (χ4v) is 5.99. The van der Waals surface area contributed by atoms with E-state index in [1.54, 1.807) is 11.8 Å². The molecular weight excluding hydrogens is 476 g/mol. The third kappa shape index (κ3) is 8.03. The van der Waals surface area contributed by atoms with Gasteiger partial charge < -0.3 is 25.6 Å². The van der Waals surface area contributed by atoms with Crippen LogP contribution >= 0.6 is 11.8 Å². The minimum Gasteiger partial charge on any atom is -0.352 e. The van der Waals surface area contributed by atoms with Crippen LogP contribution in [0.3, 0.4) is 0 Å². The van der Waals surface area contributed by atoms with Gasteiger partial charge in [0.1, 0.15) is 11.8 Å². The Bertz CT molecular complexity index is 836. The second-order valence-electron chi connectivity index (χ2n) is 9.27. The largest absolute Gasteiger partial charge is 0.355 e. The standard InChI is InChI=1S/C23H34N4O7S/c1-14(28)6-3-2-4-7-16(23(33)34-27-20(31)9-10-21(27)32)25-18(29)8-5-11-24-22-15-12-19(30)26-17(15)13-35-22/h15-17,22,24H,2-13H2,1H3,(H,25,29)(H,26,30)/t15-,16?,17-,22+/m0/s1. The van der Waals surface area contributed by atoms with E-state index in [1.807, 2.05) is 0 Å². The summed E-state index contributed by atoms with van der Waals surface area (Å²) in [6, 6.07) is -0.777. The number of hydrogen-bond acceptors (Lipinski definition) is 9. The quantitative estimate of drug-likeness (QED) is 0.225. The van der Waals surface area contributed by atoms with E-state index in [0.29, 0.717) is 50.1 Å². The maximum Gasteiger partial charge on any atom is 0.355 e. The fourth-order valence-electron chi connectivity index (χ4n) is 4.47. The second-order valence-corrected chi connectivity index (χ2v) is 10.4. The first-order valence-corrected chi connectivity index (χ1v) is 13.3. The van der Waals surface area contributed by atoms with Crippen molar-refractivity contribution in [2.24, 2.45) is 5.92 Å². The molecule has 0 saturated carbocycles. The van der Waals surface area contributed by atoms with E-state index in [9.17, 15) is 28.8 Å². The van der Waals surface area contributed by atoms with Crippen molar-refractivity contribution in [3.63, 3.8) is 0 Å². The van der Waals surface area contributed by atoms with E-state index in [0.717, 1.165) is 5.75 Å². The predicted octanol–water partition coefficient (Wildman–Crippen LogP) is 0.565. The van der Waals surface area contributed by atoms with E-state index in [4.69, 9.17) is 4.84 Å². The molecule has 4 amide bonds. The van der Waals surface area contributed by atoms with Crippen molar-refractivity contribution < 1.29 is 33.6 Å². The van der Waals surface area contributed by atoms with Crippen LogP contribution in [0.1, 0.15) is 71.1 Å². The zero-order valence-corrected chi connectivity index (χ0v) is 20.8. The number of carbonyl (C=O) groups is 6. The van der Waals surface area contributed by atoms with E-state index in [1.165, 1.54) is 6.92 Å². The maximum atomic E-state index is 12.6. The SMILES string of the molecule is CC(=O)CCCCCC(NC(=O)CCCN[C@@H]1SC[C@@H]2NC(=O)C[C@@H]21)C(=O)ON1C(=O)CCC1=O. The monoisotopic (exact) mass is 510 g/mol. The summed E-state index contributed by atoms with van der Waals surface area (Å²) in [6.45, 7) is 2.12. The van der Waals surface area contributed by atoms with Crippen LogP contribution in [0.15, 0.2) is 0 Å². The lowest BCUT2D eigenvalue weighted by Crippen LogP contribution is -2.45. The highest BCUT2D eigenvalue weighted by Crippen LogP contribution is 2.36. The topological polar surface area (TPSA) is 151 Å². The van der Waals surface area contributed by atoms with Crippen molar-refractivity contribution in [3.8, 4) is 0 Å². The lowest BCUT2D eigenvalue weighted by molar-refractivity contribution is -0.199. The van der Waals surface area contributed by atoms with Crippen LogP contribution in [0.4, 0.5) is 0 Å². The van der Waals surface area contributed by atoms with Crippen LogP contribution in [0, 0.1) is 5.92 Å². The molecule has 3 N–H and O–H groups in total.